The van der Waals surface area contributed by atoms with Gasteiger partial charge >= 0.3 is 0 Å². The van der Waals surface area contributed by atoms with Crippen LogP contribution in [0.2, 0.25) is 0 Å². The molecule has 0 aliphatic carbocycles. The minimum Gasteiger partial charge on any atom is -0.262 e. The summed E-state index contributed by atoms with van der Waals surface area (Å²) in [6.45, 7) is 3.96. The molecular weight excluding hydrogens is 248 g/mol. The van der Waals surface area contributed by atoms with Gasteiger partial charge < -0.3 is 0 Å². The average Bonchev–Trinajstić information content (AvgIpc) is 2.58. The predicted octanol–water partition coefficient (Wildman–Crippen LogP) is 2.54. The van der Waals surface area contributed by atoms with Crippen LogP contribution in [0.3, 0.4) is 0 Å². The molecule has 0 amide bonds. The lowest BCUT2D eigenvalue weighted by atomic mass is 10.2. The van der Waals surface area contributed by atoms with Gasteiger partial charge in [-0.3, -0.25) is 4.68 Å². The van der Waals surface area contributed by atoms with Crippen LogP contribution in [-0.4, -0.2) is 18.2 Å². The fourth-order valence-corrected chi connectivity index (χ4v) is 2.73. The van der Waals surface area contributed by atoms with Gasteiger partial charge in [0.2, 0.25) is 0 Å². The minimum absolute atomic E-state index is 0.110. The van der Waals surface area contributed by atoms with Gasteiger partial charge in [0.25, 0.3) is 9.05 Å². The maximum atomic E-state index is 11.4. The largest absolute Gasteiger partial charge is 0.262 e. The molecule has 0 atom stereocenters. The van der Waals surface area contributed by atoms with Crippen LogP contribution in [0.5, 0.6) is 0 Å². The van der Waals surface area contributed by atoms with Crippen LogP contribution in [-0.2, 0) is 9.05 Å². The number of halogens is 1. The standard InChI is InChI=1S/C10H11ClN2O2S/c1-7(2)13-9-4-3-5-10(16(11,14)15)8(9)6-12-13/h3-7H,1-2H3. The van der Waals surface area contributed by atoms with Crippen molar-refractivity contribution < 1.29 is 8.42 Å². The highest BCUT2D eigenvalue weighted by Gasteiger charge is 2.17. The second-order valence-corrected chi connectivity index (χ2v) is 6.34. The van der Waals surface area contributed by atoms with Crippen LogP contribution < -0.4 is 0 Å². The number of hydrogen-bond donors (Lipinski definition) is 0. The number of nitrogens with zero attached hydrogens (tertiary/aromatic N) is 2. The molecule has 0 unspecified atom stereocenters. The molecule has 0 spiro atoms. The van der Waals surface area contributed by atoms with Crippen LogP contribution in [0.4, 0.5) is 0 Å². The molecular formula is C10H11ClN2O2S. The number of hydrogen-bond acceptors (Lipinski definition) is 3. The third kappa shape index (κ3) is 1.81. The Balaban J connectivity index is 2.82. The van der Waals surface area contributed by atoms with E-state index in [0.29, 0.717) is 5.39 Å². The summed E-state index contributed by atoms with van der Waals surface area (Å²) in [6.07, 6.45) is 1.53. The van der Waals surface area contributed by atoms with E-state index in [9.17, 15) is 8.42 Å². The monoisotopic (exact) mass is 258 g/mol. The molecule has 0 N–H and O–H groups in total. The van der Waals surface area contributed by atoms with Crippen molar-refractivity contribution in [2.45, 2.75) is 24.8 Å². The summed E-state index contributed by atoms with van der Waals surface area (Å²) in [7, 11) is 1.64. The van der Waals surface area contributed by atoms with E-state index >= 15 is 0 Å². The molecule has 0 saturated carbocycles. The SMILES string of the molecule is CC(C)n1ncc2c(S(=O)(=O)Cl)cccc21. The van der Waals surface area contributed by atoms with Crippen molar-refractivity contribution in [2.75, 3.05) is 0 Å². The molecule has 1 aromatic heterocycles. The van der Waals surface area contributed by atoms with Crippen molar-refractivity contribution >= 4 is 30.6 Å². The van der Waals surface area contributed by atoms with Crippen molar-refractivity contribution in [1.82, 2.24) is 9.78 Å². The first-order chi connectivity index (χ1) is 7.41. The van der Waals surface area contributed by atoms with E-state index in [1.807, 2.05) is 19.9 Å². The van der Waals surface area contributed by atoms with Gasteiger partial charge in [0, 0.05) is 22.1 Å². The molecule has 0 radical (unpaired) electrons. The first kappa shape index (κ1) is 11.4. The third-order valence-electron chi connectivity index (χ3n) is 2.35. The number of aromatic nitrogens is 2. The van der Waals surface area contributed by atoms with Crippen molar-refractivity contribution in [2.24, 2.45) is 0 Å². The number of fused-ring (bicyclic) bond motifs is 1. The molecule has 0 bridgehead atoms. The molecule has 86 valence electrons. The molecule has 4 nitrogen and oxygen atoms in total. The average molecular weight is 259 g/mol. The van der Waals surface area contributed by atoms with E-state index in [2.05, 4.69) is 5.10 Å². The molecule has 0 saturated heterocycles. The first-order valence-corrected chi connectivity index (χ1v) is 7.13. The Morgan fingerprint density at radius 1 is 1.38 bits per heavy atom. The third-order valence-corrected chi connectivity index (χ3v) is 3.73. The van der Waals surface area contributed by atoms with Crippen LogP contribution in [0.25, 0.3) is 10.9 Å². The number of benzene rings is 1. The lowest BCUT2D eigenvalue weighted by Gasteiger charge is -2.07. The highest BCUT2D eigenvalue weighted by molar-refractivity contribution is 8.14. The van der Waals surface area contributed by atoms with E-state index in [1.54, 1.807) is 10.7 Å². The zero-order chi connectivity index (χ0) is 11.9. The van der Waals surface area contributed by atoms with E-state index in [4.69, 9.17) is 10.7 Å². The Hall–Kier alpha value is -1.07. The van der Waals surface area contributed by atoms with Crippen LogP contribution in [0.1, 0.15) is 19.9 Å². The van der Waals surface area contributed by atoms with Gasteiger partial charge in [0.15, 0.2) is 0 Å². The highest BCUT2D eigenvalue weighted by atomic mass is 35.7. The summed E-state index contributed by atoms with van der Waals surface area (Å²) >= 11 is 0. The number of rotatable bonds is 2. The topological polar surface area (TPSA) is 52.0 Å². The Morgan fingerprint density at radius 3 is 2.62 bits per heavy atom. The van der Waals surface area contributed by atoms with Crippen molar-refractivity contribution in [1.29, 1.82) is 0 Å². The first-order valence-electron chi connectivity index (χ1n) is 4.82. The van der Waals surface area contributed by atoms with Crippen molar-refractivity contribution in [3.8, 4) is 0 Å². The lowest BCUT2D eigenvalue weighted by molar-refractivity contribution is 0.551. The van der Waals surface area contributed by atoms with E-state index in [0.717, 1.165) is 5.52 Å². The van der Waals surface area contributed by atoms with E-state index in [-0.39, 0.29) is 10.9 Å². The van der Waals surface area contributed by atoms with Crippen LogP contribution in [0.15, 0.2) is 29.3 Å². The van der Waals surface area contributed by atoms with Gasteiger partial charge in [0.05, 0.1) is 16.6 Å². The highest BCUT2D eigenvalue weighted by Crippen LogP contribution is 2.26. The Kier molecular flexibility index (Phi) is 2.67. The summed E-state index contributed by atoms with van der Waals surface area (Å²) < 4.78 is 24.5. The lowest BCUT2D eigenvalue weighted by Crippen LogP contribution is -2.02. The van der Waals surface area contributed by atoms with Crippen LogP contribution >= 0.6 is 10.7 Å². The minimum atomic E-state index is -3.72. The van der Waals surface area contributed by atoms with Gasteiger partial charge in [-0.2, -0.15) is 5.10 Å². The molecule has 0 fully saturated rings. The Labute approximate surface area is 98.2 Å². The zero-order valence-electron chi connectivity index (χ0n) is 8.88. The quantitative estimate of drug-likeness (QED) is 0.778. The Morgan fingerprint density at radius 2 is 2.06 bits per heavy atom. The zero-order valence-corrected chi connectivity index (χ0v) is 10.5. The fourth-order valence-electron chi connectivity index (χ4n) is 1.67. The Bertz CT molecular complexity index is 631. The van der Waals surface area contributed by atoms with Gasteiger partial charge in [-0.15, -0.1) is 0 Å². The van der Waals surface area contributed by atoms with E-state index in [1.165, 1.54) is 12.3 Å². The summed E-state index contributed by atoms with van der Waals surface area (Å²) in [5.41, 5.74) is 0.775. The maximum absolute atomic E-state index is 11.4. The summed E-state index contributed by atoms with van der Waals surface area (Å²) in [6, 6.07) is 5.15. The maximum Gasteiger partial charge on any atom is 0.262 e. The molecule has 0 aliphatic heterocycles. The molecule has 6 heteroatoms. The molecule has 0 aliphatic rings. The smallest absolute Gasteiger partial charge is 0.262 e. The van der Waals surface area contributed by atoms with Gasteiger partial charge in [-0.05, 0) is 26.0 Å². The van der Waals surface area contributed by atoms with Crippen molar-refractivity contribution in [3.63, 3.8) is 0 Å². The van der Waals surface area contributed by atoms with Gasteiger partial charge in [0.1, 0.15) is 0 Å². The normalized spacial score (nSPS) is 12.5. The summed E-state index contributed by atoms with van der Waals surface area (Å²) in [5, 5.41) is 4.72. The molecule has 2 aromatic rings. The molecule has 1 heterocycles. The van der Waals surface area contributed by atoms with Gasteiger partial charge in [-0.25, -0.2) is 8.42 Å². The predicted molar refractivity (Wildman–Crippen MR) is 63.2 cm³/mol. The van der Waals surface area contributed by atoms with Crippen molar-refractivity contribution in [3.05, 3.63) is 24.4 Å². The van der Waals surface area contributed by atoms with Crippen LogP contribution in [0, 0.1) is 0 Å². The van der Waals surface area contributed by atoms with E-state index < -0.39 is 9.05 Å². The second kappa shape index (κ2) is 3.75. The fraction of sp³-hybridized carbons (Fsp3) is 0.300. The van der Waals surface area contributed by atoms with Gasteiger partial charge in [-0.1, -0.05) is 6.07 Å². The molecule has 2 rings (SSSR count). The molecule has 1 aromatic carbocycles. The summed E-state index contributed by atoms with van der Waals surface area (Å²) in [5.74, 6) is 0. The molecule has 16 heavy (non-hydrogen) atoms. The second-order valence-electron chi connectivity index (χ2n) is 3.81. The summed E-state index contributed by atoms with van der Waals surface area (Å²) in [4.78, 5) is 0.110.